The molecule has 0 amide bonds. The van der Waals surface area contributed by atoms with Gasteiger partial charge in [0.15, 0.2) is 0 Å². The second-order valence-corrected chi connectivity index (χ2v) is 5.09. The minimum Gasteiger partial charge on any atom is -0.306 e. The Kier molecular flexibility index (Phi) is 4.38. The molecule has 0 saturated carbocycles. The Morgan fingerprint density at radius 2 is 2.05 bits per heavy atom. The Hall–Kier alpha value is -1.61. The quantitative estimate of drug-likeness (QED) is 0.891. The van der Waals surface area contributed by atoms with E-state index in [2.05, 4.69) is 61.6 Å². The molecule has 1 heterocycles. The Balaban J connectivity index is 2.04. The summed E-state index contributed by atoms with van der Waals surface area (Å²) in [5.41, 5.74) is 5.19. The molecule has 0 fully saturated rings. The Labute approximate surface area is 115 Å². The van der Waals surface area contributed by atoms with Gasteiger partial charge in [-0.15, -0.1) is 0 Å². The van der Waals surface area contributed by atoms with Crippen LogP contribution in [0.4, 0.5) is 0 Å². The highest BCUT2D eigenvalue weighted by Crippen LogP contribution is 2.17. The van der Waals surface area contributed by atoms with Crippen molar-refractivity contribution >= 4 is 0 Å². The summed E-state index contributed by atoms with van der Waals surface area (Å²) in [7, 11) is 1.98. The van der Waals surface area contributed by atoms with Crippen LogP contribution >= 0.6 is 0 Å². The van der Waals surface area contributed by atoms with Crippen molar-refractivity contribution in [3.8, 4) is 0 Å². The van der Waals surface area contributed by atoms with Crippen molar-refractivity contribution in [3.63, 3.8) is 0 Å². The summed E-state index contributed by atoms with van der Waals surface area (Å²) < 4.78 is 1.90. The third kappa shape index (κ3) is 3.24. The molecule has 2 aromatic rings. The van der Waals surface area contributed by atoms with Crippen molar-refractivity contribution in [3.05, 3.63) is 52.8 Å². The van der Waals surface area contributed by atoms with Crippen molar-refractivity contribution in [1.29, 1.82) is 0 Å². The van der Waals surface area contributed by atoms with Gasteiger partial charge in [0.05, 0.1) is 5.69 Å². The third-order valence-electron chi connectivity index (χ3n) is 3.58. The fraction of sp³-hybridized carbons (Fsp3) is 0.438. The molecule has 0 unspecified atom stereocenters. The molecule has 0 radical (unpaired) electrons. The number of nitrogens with zero attached hydrogens (tertiary/aromatic N) is 2. The largest absolute Gasteiger partial charge is 0.306 e. The zero-order valence-electron chi connectivity index (χ0n) is 12.3. The van der Waals surface area contributed by atoms with E-state index in [-0.39, 0.29) is 0 Å². The molecule has 1 atom stereocenters. The van der Waals surface area contributed by atoms with E-state index in [9.17, 15) is 0 Å². The molecule has 0 aliphatic rings. The number of hydrogen-bond acceptors (Lipinski definition) is 2. The molecule has 0 spiro atoms. The third-order valence-corrected chi connectivity index (χ3v) is 3.58. The van der Waals surface area contributed by atoms with E-state index in [0.29, 0.717) is 6.04 Å². The van der Waals surface area contributed by atoms with E-state index in [4.69, 9.17) is 0 Å². The number of hydrogen-bond donors (Lipinski definition) is 1. The molecular formula is C16H23N3. The highest BCUT2D eigenvalue weighted by molar-refractivity contribution is 5.28. The van der Waals surface area contributed by atoms with Crippen molar-refractivity contribution in [1.82, 2.24) is 15.1 Å². The second-order valence-electron chi connectivity index (χ2n) is 5.09. The topological polar surface area (TPSA) is 29.9 Å². The fourth-order valence-electron chi connectivity index (χ4n) is 2.47. The van der Waals surface area contributed by atoms with Gasteiger partial charge in [0.2, 0.25) is 0 Å². The monoisotopic (exact) mass is 257 g/mol. The first kappa shape index (κ1) is 13.8. The van der Waals surface area contributed by atoms with Gasteiger partial charge in [-0.2, -0.15) is 5.10 Å². The molecule has 3 heteroatoms. The average molecular weight is 257 g/mol. The van der Waals surface area contributed by atoms with Gasteiger partial charge < -0.3 is 5.32 Å². The zero-order chi connectivity index (χ0) is 13.8. The molecule has 1 aromatic heterocycles. The number of rotatable bonds is 5. The minimum absolute atomic E-state index is 0.353. The number of nitrogens with one attached hydrogen (secondary N) is 1. The highest BCUT2D eigenvalue weighted by Gasteiger charge is 2.10. The summed E-state index contributed by atoms with van der Waals surface area (Å²) in [6.07, 6.45) is 3.09. The van der Waals surface area contributed by atoms with Gasteiger partial charge in [-0.25, -0.2) is 0 Å². The molecule has 0 saturated heterocycles. The van der Waals surface area contributed by atoms with Crippen LogP contribution in [0.3, 0.4) is 0 Å². The van der Waals surface area contributed by atoms with E-state index in [0.717, 1.165) is 13.0 Å². The molecule has 2 rings (SSSR count). The molecule has 1 N–H and O–H groups in total. The normalized spacial score (nSPS) is 12.6. The lowest BCUT2D eigenvalue weighted by Crippen LogP contribution is -2.19. The lowest BCUT2D eigenvalue weighted by atomic mass is 10.0. The molecule has 0 aliphatic carbocycles. The first-order valence-corrected chi connectivity index (χ1v) is 6.92. The van der Waals surface area contributed by atoms with Crippen molar-refractivity contribution < 1.29 is 0 Å². The summed E-state index contributed by atoms with van der Waals surface area (Å²) in [6.45, 7) is 7.39. The van der Waals surface area contributed by atoms with E-state index in [1.54, 1.807) is 0 Å². The van der Waals surface area contributed by atoms with Gasteiger partial charge in [0.1, 0.15) is 0 Å². The van der Waals surface area contributed by atoms with Gasteiger partial charge in [-0.3, -0.25) is 4.68 Å². The van der Waals surface area contributed by atoms with Gasteiger partial charge in [-0.1, -0.05) is 31.2 Å². The van der Waals surface area contributed by atoms with Gasteiger partial charge in [-0.05, 0) is 31.4 Å². The number of aryl methyl sites for hydroxylation is 3. The lowest BCUT2D eigenvalue weighted by Gasteiger charge is -2.16. The molecule has 3 nitrogen and oxygen atoms in total. The molecule has 0 aliphatic heterocycles. The first-order chi connectivity index (χ1) is 9.11. The summed E-state index contributed by atoms with van der Waals surface area (Å²) in [4.78, 5) is 0. The summed E-state index contributed by atoms with van der Waals surface area (Å²) >= 11 is 0. The maximum absolute atomic E-state index is 4.47. The predicted octanol–water partition coefficient (Wildman–Crippen LogP) is 3.14. The van der Waals surface area contributed by atoms with E-state index >= 15 is 0 Å². The maximum Gasteiger partial charge on any atom is 0.0666 e. The summed E-state index contributed by atoms with van der Waals surface area (Å²) in [5.74, 6) is 0. The van der Waals surface area contributed by atoms with Gasteiger partial charge >= 0.3 is 0 Å². The summed E-state index contributed by atoms with van der Waals surface area (Å²) in [6, 6.07) is 8.89. The molecular weight excluding hydrogens is 234 g/mol. The van der Waals surface area contributed by atoms with Crippen LogP contribution in [0, 0.1) is 6.92 Å². The van der Waals surface area contributed by atoms with Crippen LogP contribution in [0.15, 0.2) is 30.5 Å². The maximum atomic E-state index is 4.47. The SMILES string of the molecule is CCc1nn(C)cc1CN[C@H](C)c1ccccc1C. The molecule has 0 bridgehead atoms. The van der Waals surface area contributed by atoms with Crippen LogP contribution in [-0.4, -0.2) is 9.78 Å². The van der Waals surface area contributed by atoms with Gasteiger partial charge in [0.25, 0.3) is 0 Å². The highest BCUT2D eigenvalue weighted by atomic mass is 15.3. The minimum atomic E-state index is 0.353. The second kappa shape index (κ2) is 6.02. The van der Waals surface area contributed by atoms with E-state index in [1.165, 1.54) is 22.4 Å². The summed E-state index contributed by atoms with van der Waals surface area (Å²) in [5, 5.41) is 8.06. The van der Waals surface area contributed by atoms with Crippen LogP contribution in [0.1, 0.15) is 42.3 Å². The van der Waals surface area contributed by atoms with Crippen LogP contribution in [0.5, 0.6) is 0 Å². The smallest absolute Gasteiger partial charge is 0.0666 e. The fourth-order valence-corrected chi connectivity index (χ4v) is 2.47. The van der Waals surface area contributed by atoms with Crippen molar-refractivity contribution in [2.24, 2.45) is 7.05 Å². The standard InChI is InChI=1S/C16H23N3/c1-5-16-14(11-19(4)18-16)10-17-13(3)15-9-7-6-8-12(15)2/h6-9,11,13,17H,5,10H2,1-4H3/t13-/m1/s1. The van der Waals surface area contributed by atoms with Crippen molar-refractivity contribution in [2.45, 2.75) is 39.8 Å². The molecule has 19 heavy (non-hydrogen) atoms. The number of aromatic nitrogens is 2. The van der Waals surface area contributed by atoms with E-state index in [1.807, 2.05) is 11.7 Å². The predicted molar refractivity (Wildman–Crippen MR) is 79.0 cm³/mol. The van der Waals surface area contributed by atoms with Crippen LogP contribution in [-0.2, 0) is 20.0 Å². The zero-order valence-corrected chi connectivity index (χ0v) is 12.3. The Bertz CT molecular complexity index is 543. The van der Waals surface area contributed by atoms with Gasteiger partial charge in [0, 0.05) is 31.4 Å². The molecule has 1 aromatic carbocycles. The van der Waals surface area contributed by atoms with E-state index < -0.39 is 0 Å². The van der Waals surface area contributed by atoms with Crippen LogP contribution in [0.2, 0.25) is 0 Å². The Morgan fingerprint density at radius 3 is 2.74 bits per heavy atom. The van der Waals surface area contributed by atoms with Crippen LogP contribution in [0.25, 0.3) is 0 Å². The lowest BCUT2D eigenvalue weighted by molar-refractivity contribution is 0.570. The first-order valence-electron chi connectivity index (χ1n) is 6.92. The Morgan fingerprint density at radius 1 is 1.32 bits per heavy atom. The number of benzene rings is 1. The van der Waals surface area contributed by atoms with Crippen LogP contribution < -0.4 is 5.32 Å². The average Bonchev–Trinajstić information content (AvgIpc) is 2.77. The van der Waals surface area contributed by atoms with Crippen molar-refractivity contribution in [2.75, 3.05) is 0 Å². The molecule has 102 valence electrons.